The molecule has 88 valence electrons. The van der Waals surface area contributed by atoms with Gasteiger partial charge in [0, 0.05) is 18.5 Å². The molecule has 0 unspecified atom stereocenters. The van der Waals surface area contributed by atoms with Gasteiger partial charge >= 0.3 is 0 Å². The van der Waals surface area contributed by atoms with Gasteiger partial charge in [0.15, 0.2) is 0 Å². The van der Waals surface area contributed by atoms with E-state index in [0.29, 0.717) is 11.4 Å². The van der Waals surface area contributed by atoms with Crippen molar-refractivity contribution >= 4 is 18.5 Å². The van der Waals surface area contributed by atoms with Gasteiger partial charge in [-0.25, -0.2) is 4.39 Å². The quantitative estimate of drug-likeness (QED) is 0.803. The molecule has 0 N–H and O–H groups in total. The zero-order chi connectivity index (χ0) is 12.1. The van der Waals surface area contributed by atoms with Crippen molar-refractivity contribution in [2.75, 3.05) is 13.6 Å². The third-order valence-electron chi connectivity index (χ3n) is 2.37. The van der Waals surface area contributed by atoms with Gasteiger partial charge in [-0.15, -0.1) is 12.6 Å². The molecule has 16 heavy (non-hydrogen) atoms. The maximum absolute atomic E-state index is 13.4. The number of amides is 1. The highest BCUT2D eigenvalue weighted by Crippen LogP contribution is 2.15. The Morgan fingerprint density at radius 2 is 2.19 bits per heavy atom. The molecule has 0 aliphatic carbocycles. The minimum absolute atomic E-state index is 0.0890. The molecular weight excluding hydrogens is 225 g/mol. The number of nitrogens with zero attached hydrogens (tertiary/aromatic N) is 1. The van der Waals surface area contributed by atoms with Gasteiger partial charge < -0.3 is 4.90 Å². The van der Waals surface area contributed by atoms with Gasteiger partial charge in [-0.3, -0.25) is 4.79 Å². The number of thiol groups is 1. The number of carbonyl (C=O) groups is 1. The molecule has 0 atom stereocenters. The summed E-state index contributed by atoms with van der Waals surface area (Å²) >= 11 is 4.10. The number of carbonyl (C=O) groups excluding carboxylic acids is 1. The summed E-state index contributed by atoms with van der Waals surface area (Å²) in [4.78, 5) is 14.0. The lowest BCUT2D eigenvalue weighted by molar-refractivity contribution is 0.0788. The van der Waals surface area contributed by atoms with Crippen molar-refractivity contribution in [1.82, 2.24) is 4.90 Å². The molecule has 0 bridgehead atoms. The van der Waals surface area contributed by atoms with E-state index in [4.69, 9.17) is 0 Å². The lowest BCUT2D eigenvalue weighted by Crippen LogP contribution is -2.28. The highest BCUT2D eigenvalue weighted by Gasteiger charge is 2.15. The first kappa shape index (κ1) is 13.0. The summed E-state index contributed by atoms with van der Waals surface area (Å²) in [6.45, 7) is 2.69. The summed E-state index contributed by atoms with van der Waals surface area (Å²) in [7, 11) is 1.68. The summed E-state index contributed by atoms with van der Waals surface area (Å²) in [6.07, 6.45) is 1.93. The van der Waals surface area contributed by atoms with Crippen LogP contribution < -0.4 is 0 Å². The van der Waals surface area contributed by atoms with Gasteiger partial charge in [0.25, 0.3) is 5.91 Å². The predicted octanol–water partition coefficient (Wildman–Crippen LogP) is 2.99. The van der Waals surface area contributed by atoms with Crippen molar-refractivity contribution in [3.63, 3.8) is 0 Å². The zero-order valence-electron chi connectivity index (χ0n) is 9.53. The lowest BCUT2D eigenvalue weighted by atomic mass is 10.2. The maximum atomic E-state index is 13.4. The van der Waals surface area contributed by atoms with E-state index < -0.39 is 5.82 Å². The van der Waals surface area contributed by atoms with Gasteiger partial charge in [-0.2, -0.15) is 0 Å². The molecule has 1 aromatic rings. The Bertz CT molecular complexity index is 381. The molecule has 1 amide bonds. The summed E-state index contributed by atoms with van der Waals surface area (Å²) < 4.78 is 13.4. The molecule has 0 saturated carbocycles. The predicted molar refractivity (Wildman–Crippen MR) is 65.5 cm³/mol. The van der Waals surface area contributed by atoms with Gasteiger partial charge in [-0.05, 0) is 24.6 Å². The number of halogens is 1. The van der Waals surface area contributed by atoms with Crippen LogP contribution in [0.4, 0.5) is 4.39 Å². The van der Waals surface area contributed by atoms with Crippen molar-refractivity contribution in [3.8, 4) is 0 Å². The number of benzene rings is 1. The first-order chi connectivity index (χ1) is 7.56. The molecule has 2 nitrogen and oxygen atoms in total. The zero-order valence-corrected chi connectivity index (χ0v) is 10.4. The second-order valence-corrected chi connectivity index (χ2v) is 4.26. The molecule has 0 aromatic heterocycles. The Balaban J connectivity index is 2.83. The van der Waals surface area contributed by atoms with Crippen LogP contribution >= 0.6 is 12.6 Å². The Labute approximate surface area is 101 Å². The lowest BCUT2D eigenvalue weighted by Gasteiger charge is -2.17. The smallest absolute Gasteiger partial charge is 0.256 e. The molecule has 0 saturated heterocycles. The topological polar surface area (TPSA) is 20.3 Å². The van der Waals surface area contributed by atoms with Gasteiger partial charge in [0.2, 0.25) is 0 Å². The molecular formula is C12H16FNOS. The van der Waals surface area contributed by atoms with Crippen LogP contribution in [0.1, 0.15) is 30.1 Å². The van der Waals surface area contributed by atoms with E-state index in [-0.39, 0.29) is 11.5 Å². The van der Waals surface area contributed by atoms with Crippen LogP contribution in [0.3, 0.4) is 0 Å². The van der Waals surface area contributed by atoms with Gasteiger partial charge in [0.1, 0.15) is 5.82 Å². The van der Waals surface area contributed by atoms with E-state index in [1.54, 1.807) is 7.05 Å². The SMILES string of the molecule is CCCCN(C)C(=O)c1cc(S)ccc1F. The van der Waals surface area contributed by atoms with Crippen molar-refractivity contribution in [3.05, 3.63) is 29.6 Å². The van der Waals surface area contributed by atoms with Crippen LogP contribution in [0.2, 0.25) is 0 Å². The molecule has 4 heteroatoms. The number of rotatable bonds is 4. The van der Waals surface area contributed by atoms with Crippen molar-refractivity contribution in [1.29, 1.82) is 0 Å². The van der Waals surface area contributed by atoms with Crippen LogP contribution in [0.25, 0.3) is 0 Å². The summed E-state index contributed by atoms with van der Waals surface area (Å²) in [6, 6.07) is 4.26. The van der Waals surface area contributed by atoms with Crippen LogP contribution in [0.15, 0.2) is 23.1 Å². The standard InChI is InChI=1S/C12H16FNOS/c1-3-4-7-14(2)12(15)10-8-9(16)5-6-11(10)13/h5-6,8,16H,3-4,7H2,1-2H3. The molecule has 0 aliphatic heterocycles. The van der Waals surface area contributed by atoms with E-state index in [0.717, 1.165) is 12.8 Å². The van der Waals surface area contributed by atoms with Crippen molar-refractivity contribution in [2.45, 2.75) is 24.7 Å². The van der Waals surface area contributed by atoms with Crippen molar-refractivity contribution < 1.29 is 9.18 Å². The molecule has 0 aliphatic rings. The molecule has 1 rings (SSSR count). The van der Waals surface area contributed by atoms with Crippen molar-refractivity contribution in [2.24, 2.45) is 0 Å². The molecule has 1 aromatic carbocycles. The fourth-order valence-corrected chi connectivity index (χ4v) is 1.58. The molecule has 0 heterocycles. The minimum atomic E-state index is -0.494. The monoisotopic (exact) mass is 241 g/mol. The van der Waals surface area contributed by atoms with Crippen LogP contribution in [-0.2, 0) is 0 Å². The van der Waals surface area contributed by atoms with Gasteiger partial charge in [-0.1, -0.05) is 13.3 Å². The Morgan fingerprint density at radius 1 is 1.50 bits per heavy atom. The van der Waals surface area contributed by atoms with E-state index in [1.165, 1.54) is 23.1 Å². The second kappa shape index (κ2) is 5.89. The van der Waals surface area contributed by atoms with Crippen LogP contribution in [-0.4, -0.2) is 24.4 Å². The average molecular weight is 241 g/mol. The molecule has 0 spiro atoms. The molecule has 0 radical (unpaired) electrons. The van der Waals surface area contributed by atoms with Crippen LogP contribution in [0.5, 0.6) is 0 Å². The number of unbranched alkanes of at least 4 members (excludes halogenated alkanes) is 1. The number of hydrogen-bond donors (Lipinski definition) is 1. The molecule has 0 fully saturated rings. The van der Waals surface area contributed by atoms with E-state index in [1.807, 2.05) is 6.92 Å². The third-order valence-corrected chi connectivity index (χ3v) is 2.65. The van der Waals surface area contributed by atoms with E-state index in [9.17, 15) is 9.18 Å². The third kappa shape index (κ3) is 3.23. The Morgan fingerprint density at radius 3 is 2.81 bits per heavy atom. The maximum Gasteiger partial charge on any atom is 0.256 e. The first-order valence-electron chi connectivity index (χ1n) is 5.30. The summed E-state index contributed by atoms with van der Waals surface area (Å²) in [5.74, 6) is -0.784. The van der Waals surface area contributed by atoms with Crippen LogP contribution in [0, 0.1) is 5.82 Å². The first-order valence-corrected chi connectivity index (χ1v) is 5.75. The fourth-order valence-electron chi connectivity index (χ4n) is 1.38. The summed E-state index contributed by atoms with van der Waals surface area (Å²) in [5.41, 5.74) is 0.0890. The minimum Gasteiger partial charge on any atom is -0.342 e. The average Bonchev–Trinajstić information content (AvgIpc) is 2.28. The second-order valence-electron chi connectivity index (χ2n) is 3.74. The van der Waals surface area contributed by atoms with Gasteiger partial charge in [0.05, 0.1) is 5.56 Å². The Kier molecular flexibility index (Phi) is 4.80. The summed E-state index contributed by atoms with van der Waals surface area (Å²) in [5, 5.41) is 0. The highest BCUT2D eigenvalue weighted by atomic mass is 32.1. The highest BCUT2D eigenvalue weighted by molar-refractivity contribution is 7.80. The fraction of sp³-hybridized carbons (Fsp3) is 0.417. The van der Waals surface area contributed by atoms with E-state index >= 15 is 0 Å². The normalized spacial score (nSPS) is 10.2. The van der Waals surface area contributed by atoms with E-state index in [2.05, 4.69) is 12.6 Å². The largest absolute Gasteiger partial charge is 0.342 e. The number of hydrogen-bond acceptors (Lipinski definition) is 2. The Hall–Kier alpha value is -1.03.